The Kier molecular flexibility index (Phi) is 5.18. The summed E-state index contributed by atoms with van der Waals surface area (Å²) in [5.74, 6) is -1.01. The number of aromatic carboxylic acids is 1. The van der Waals surface area contributed by atoms with Crippen LogP contribution in [0.15, 0.2) is 18.2 Å². The van der Waals surface area contributed by atoms with Crippen LogP contribution in [0.4, 0.5) is 11.4 Å². The number of methoxy groups -OCH3 is 1. The first-order valence-corrected chi connectivity index (χ1v) is 6.21. The number of carbonyl (C=O) groups is 1. The van der Waals surface area contributed by atoms with Crippen molar-refractivity contribution in [2.75, 3.05) is 31.3 Å². The van der Waals surface area contributed by atoms with Gasteiger partial charge in [0.25, 0.3) is 0 Å². The summed E-state index contributed by atoms with van der Waals surface area (Å²) >= 11 is 0. The van der Waals surface area contributed by atoms with E-state index in [-0.39, 0.29) is 16.7 Å². The van der Waals surface area contributed by atoms with Gasteiger partial charge in [-0.15, -0.1) is 0 Å². The van der Waals surface area contributed by atoms with E-state index >= 15 is 0 Å². The highest BCUT2D eigenvalue weighted by atomic mass is 16.5. The zero-order chi connectivity index (χ0) is 14.5. The molecule has 0 unspecified atom stereocenters. The van der Waals surface area contributed by atoms with Crippen molar-refractivity contribution in [3.8, 4) is 0 Å². The molecule has 0 spiro atoms. The third-order valence-corrected chi connectivity index (χ3v) is 3.04. The van der Waals surface area contributed by atoms with Crippen molar-refractivity contribution < 1.29 is 14.6 Å². The Morgan fingerprint density at radius 3 is 2.68 bits per heavy atom. The van der Waals surface area contributed by atoms with E-state index in [0.29, 0.717) is 0 Å². The van der Waals surface area contributed by atoms with Crippen LogP contribution in [0.1, 0.15) is 30.6 Å². The van der Waals surface area contributed by atoms with E-state index < -0.39 is 5.97 Å². The predicted molar refractivity (Wildman–Crippen MR) is 76.6 cm³/mol. The van der Waals surface area contributed by atoms with Crippen LogP contribution in [0.25, 0.3) is 0 Å². The number of nitrogens with two attached hydrogens (primary N) is 1. The van der Waals surface area contributed by atoms with Gasteiger partial charge in [-0.25, -0.2) is 4.79 Å². The number of ether oxygens (including phenoxy) is 1. The predicted octanol–water partition coefficient (Wildman–Crippen LogP) is 2.44. The Balaban J connectivity index is 2.63. The van der Waals surface area contributed by atoms with Crippen LogP contribution < -0.4 is 11.1 Å². The molecule has 0 atom stereocenters. The molecule has 0 aliphatic heterocycles. The van der Waals surface area contributed by atoms with Crippen LogP contribution in [0.2, 0.25) is 0 Å². The first kappa shape index (κ1) is 15.3. The Morgan fingerprint density at radius 2 is 2.16 bits per heavy atom. The molecule has 19 heavy (non-hydrogen) atoms. The maximum atomic E-state index is 10.9. The van der Waals surface area contributed by atoms with E-state index in [0.717, 1.165) is 25.3 Å². The Hall–Kier alpha value is -1.75. The fourth-order valence-electron chi connectivity index (χ4n) is 1.68. The van der Waals surface area contributed by atoms with Crippen molar-refractivity contribution in [3.63, 3.8) is 0 Å². The quantitative estimate of drug-likeness (QED) is 0.660. The fraction of sp³-hybridized carbons (Fsp3) is 0.500. The molecule has 106 valence electrons. The average Bonchev–Trinajstić information content (AvgIpc) is 2.34. The average molecular weight is 266 g/mol. The van der Waals surface area contributed by atoms with Crippen LogP contribution in [0.5, 0.6) is 0 Å². The number of benzene rings is 1. The van der Waals surface area contributed by atoms with Gasteiger partial charge in [0.1, 0.15) is 0 Å². The van der Waals surface area contributed by atoms with Gasteiger partial charge in [-0.2, -0.15) is 0 Å². The second-order valence-corrected chi connectivity index (χ2v) is 5.37. The number of rotatable bonds is 7. The third kappa shape index (κ3) is 4.79. The van der Waals surface area contributed by atoms with Gasteiger partial charge in [0.15, 0.2) is 0 Å². The lowest BCUT2D eigenvalue weighted by molar-refractivity contribution is 0.0698. The lowest BCUT2D eigenvalue weighted by Crippen LogP contribution is -2.24. The van der Waals surface area contributed by atoms with Gasteiger partial charge in [-0.1, -0.05) is 13.8 Å². The molecule has 0 aliphatic carbocycles. The molecule has 0 aromatic heterocycles. The highest BCUT2D eigenvalue weighted by Gasteiger charge is 2.17. The number of anilines is 2. The molecule has 1 aromatic rings. The number of hydrogen-bond donors (Lipinski definition) is 3. The summed E-state index contributed by atoms with van der Waals surface area (Å²) in [5.41, 5.74) is 7.02. The number of nitrogens with one attached hydrogen (secondary N) is 1. The third-order valence-electron chi connectivity index (χ3n) is 3.04. The normalized spacial score (nSPS) is 11.3. The second-order valence-electron chi connectivity index (χ2n) is 5.37. The largest absolute Gasteiger partial charge is 0.478 e. The summed E-state index contributed by atoms with van der Waals surface area (Å²) in [6.45, 7) is 5.78. The summed E-state index contributed by atoms with van der Waals surface area (Å²) in [4.78, 5) is 10.9. The molecule has 1 aromatic carbocycles. The molecule has 5 heteroatoms. The van der Waals surface area contributed by atoms with E-state index in [1.165, 1.54) is 6.07 Å². The van der Waals surface area contributed by atoms with E-state index in [2.05, 4.69) is 19.2 Å². The first-order valence-electron chi connectivity index (χ1n) is 6.21. The van der Waals surface area contributed by atoms with Gasteiger partial charge in [-0.05, 0) is 30.0 Å². The molecular formula is C14H22N2O3. The van der Waals surface area contributed by atoms with Gasteiger partial charge >= 0.3 is 5.97 Å². The van der Waals surface area contributed by atoms with Crippen molar-refractivity contribution in [1.29, 1.82) is 0 Å². The molecule has 0 saturated carbocycles. The van der Waals surface area contributed by atoms with Crippen molar-refractivity contribution >= 4 is 17.3 Å². The maximum absolute atomic E-state index is 10.9. The van der Waals surface area contributed by atoms with Crippen LogP contribution in [0.3, 0.4) is 0 Å². The molecular weight excluding hydrogens is 244 g/mol. The smallest absolute Gasteiger partial charge is 0.337 e. The number of nitrogen functional groups attached to an aromatic ring is 1. The highest BCUT2D eigenvalue weighted by Crippen LogP contribution is 2.23. The number of carboxylic acid groups (broad SMARTS) is 1. The van der Waals surface area contributed by atoms with E-state index in [1.807, 2.05) is 0 Å². The first-order chi connectivity index (χ1) is 8.85. The fourth-order valence-corrected chi connectivity index (χ4v) is 1.68. The minimum absolute atomic E-state index is 0.0935. The second kappa shape index (κ2) is 6.43. The summed E-state index contributed by atoms with van der Waals surface area (Å²) in [5, 5.41) is 12.2. The van der Waals surface area contributed by atoms with Gasteiger partial charge < -0.3 is 20.9 Å². The van der Waals surface area contributed by atoms with Gasteiger partial charge in [0.2, 0.25) is 0 Å². The lowest BCUT2D eigenvalue weighted by Gasteiger charge is -2.25. The number of carboxylic acids is 1. The van der Waals surface area contributed by atoms with Crippen LogP contribution >= 0.6 is 0 Å². The standard InChI is InChI=1S/C14H22N2O3/c1-14(2,6-7-19-3)9-16-10-4-5-11(13(17)18)12(15)8-10/h4-5,8,16H,6-7,9,15H2,1-3H3,(H,17,18). The molecule has 0 aliphatic rings. The van der Waals surface area contributed by atoms with Crippen molar-refractivity contribution in [2.24, 2.45) is 5.41 Å². The molecule has 0 amide bonds. The Labute approximate surface area is 113 Å². The van der Waals surface area contributed by atoms with Gasteiger partial charge in [0.05, 0.1) is 5.56 Å². The molecule has 4 N–H and O–H groups in total. The molecule has 0 saturated heterocycles. The van der Waals surface area contributed by atoms with Crippen LogP contribution in [-0.4, -0.2) is 31.3 Å². The van der Waals surface area contributed by atoms with Crippen molar-refractivity contribution in [1.82, 2.24) is 0 Å². The van der Waals surface area contributed by atoms with Crippen molar-refractivity contribution in [2.45, 2.75) is 20.3 Å². The molecule has 0 bridgehead atoms. The molecule has 0 radical (unpaired) electrons. The SMILES string of the molecule is COCCC(C)(C)CNc1ccc(C(=O)O)c(N)c1. The number of hydrogen-bond acceptors (Lipinski definition) is 4. The highest BCUT2D eigenvalue weighted by molar-refractivity contribution is 5.94. The van der Waals surface area contributed by atoms with Crippen molar-refractivity contribution in [3.05, 3.63) is 23.8 Å². The Morgan fingerprint density at radius 1 is 1.47 bits per heavy atom. The monoisotopic (exact) mass is 266 g/mol. The summed E-state index contributed by atoms with van der Waals surface area (Å²) < 4.78 is 5.08. The Bertz CT molecular complexity index is 444. The zero-order valence-corrected chi connectivity index (χ0v) is 11.7. The molecule has 1 rings (SSSR count). The van der Waals surface area contributed by atoms with Gasteiger partial charge in [0, 0.05) is 31.6 Å². The van der Waals surface area contributed by atoms with Gasteiger partial charge in [-0.3, -0.25) is 0 Å². The summed E-state index contributed by atoms with van der Waals surface area (Å²) in [6, 6.07) is 4.89. The summed E-state index contributed by atoms with van der Waals surface area (Å²) in [6.07, 6.45) is 0.944. The molecule has 0 fully saturated rings. The lowest BCUT2D eigenvalue weighted by atomic mass is 9.89. The van der Waals surface area contributed by atoms with E-state index in [1.54, 1.807) is 19.2 Å². The molecule has 0 heterocycles. The summed E-state index contributed by atoms with van der Waals surface area (Å²) in [7, 11) is 1.69. The zero-order valence-electron chi connectivity index (χ0n) is 11.7. The van der Waals surface area contributed by atoms with E-state index in [4.69, 9.17) is 15.6 Å². The van der Waals surface area contributed by atoms with Crippen LogP contribution in [0, 0.1) is 5.41 Å². The minimum atomic E-state index is -1.01. The topological polar surface area (TPSA) is 84.6 Å². The van der Waals surface area contributed by atoms with E-state index in [9.17, 15) is 4.79 Å². The molecule has 5 nitrogen and oxygen atoms in total. The minimum Gasteiger partial charge on any atom is -0.478 e. The van der Waals surface area contributed by atoms with Crippen LogP contribution in [-0.2, 0) is 4.74 Å². The maximum Gasteiger partial charge on any atom is 0.337 e.